The van der Waals surface area contributed by atoms with Crippen LogP contribution < -0.4 is 4.74 Å². The van der Waals surface area contributed by atoms with Crippen molar-refractivity contribution < 1.29 is 37.0 Å². The number of esters is 1. The number of benzene rings is 3. The largest absolute Gasteiger partial charge is 0.573 e. The Labute approximate surface area is 213 Å². The van der Waals surface area contributed by atoms with Crippen molar-refractivity contribution in [2.24, 2.45) is 0 Å². The summed E-state index contributed by atoms with van der Waals surface area (Å²) in [6.45, 7) is 6.16. The van der Waals surface area contributed by atoms with Crippen molar-refractivity contribution in [3.8, 4) is 5.75 Å². The molecule has 0 heterocycles. The van der Waals surface area contributed by atoms with Gasteiger partial charge in [0.2, 0.25) is 0 Å². The second-order valence-electron chi connectivity index (χ2n) is 9.56. The highest BCUT2D eigenvalue weighted by molar-refractivity contribution is 6.06. The van der Waals surface area contributed by atoms with E-state index in [-0.39, 0.29) is 28.7 Å². The zero-order chi connectivity index (χ0) is 27.4. The van der Waals surface area contributed by atoms with Crippen LogP contribution in [0.3, 0.4) is 0 Å². The van der Waals surface area contributed by atoms with E-state index in [4.69, 9.17) is 0 Å². The summed E-state index contributed by atoms with van der Waals surface area (Å²) in [5.41, 5.74) is 2.21. The van der Waals surface area contributed by atoms with E-state index in [2.05, 4.69) is 30.2 Å². The van der Waals surface area contributed by atoms with Gasteiger partial charge in [-0.3, -0.25) is 9.59 Å². The molecule has 5 nitrogen and oxygen atoms in total. The van der Waals surface area contributed by atoms with Gasteiger partial charge in [-0.05, 0) is 40.8 Å². The number of hydrogen-bond donors (Lipinski definition) is 0. The summed E-state index contributed by atoms with van der Waals surface area (Å²) in [5, 5.41) is 0. The zero-order valence-electron chi connectivity index (χ0n) is 20.9. The molecule has 0 aliphatic heterocycles. The predicted molar refractivity (Wildman–Crippen MR) is 132 cm³/mol. The maximum atomic E-state index is 13.5. The van der Waals surface area contributed by atoms with E-state index in [0.29, 0.717) is 11.1 Å². The minimum Gasteiger partial charge on any atom is -0.465 e. The van der Waals surface area contributed by atoms with Crippen molar-refractivity contribution in [1.82, 2.24) is 0 Å². The molecule has 0 radical (unpaired) electrons. The lowest BCUT2D eigenvalue weighted by atomic mass is 9.84. The van der Waals surface area contributed by atoms with Crippen LogP contribution >= 0.6 is 0 Å². The molecule has 1 unspecified atom stereocenters. The minimum absolute atomic E-state index is 0.101. The monoisotopic (exact) mass is 512 g/mol. The highest BCUT2D eigenvalue weighted by Crippen LogP contribution is 2.30. The maximum absolute atomic E-state index is 13.5. The molecule has 3 aromatic carbocycles. The topological polar surface area (TPSA) is 69.7 Å². The minimum atomic E-state index is -4.85. The second-order valence-corrected chi connectivity index (χ2v) is 9.56. The van der Waals surface area contributed by atoms with Crippen molar-refractivity contribution in [3.05, 3.63) is 101 Å². The third-order valence-electron chi connectivity index (χ3n) is 5.89. The van der Waals surface area contributed by atoms with Crippen LogP contribution in [0.5, 0.6) is 5.75 Å². The molecule has 0 bridgehead atoms. The Kier molecular flexibility index (Phi) is 8.21. The summed E-state index contributed by atoms with van der Waals surface area (Å²) in [4.78, 5) is 38.4. The Morgan fingerprint density at radius 1 is 0.757 bits per heavy atom. The first-order valence-electron chi connectivity index (χ1n) is 11.5. The first-order chi connectivity index (χ1) is 17.3. The van der Waals surface area contributed by atoms with E-state index in [1.54, 1.807) is 12.1 Å². The van der Waals surface area contributed by atoms with Crippen LogP contribution in [0, 0.1) is 0 Å². The molecule has 37 heavy (non-hydrogen) atoms. The Morgan fingerprint density at radius 2 is 1.27 bits per heavy atom. The lowest BCUT2D eigenvalue weighted by Gasteiger charge is -2.20. The molecule has 8 heteroatoms. The van der Waals surface area contributed by atoms with Crippen molar-refractivity contribution in [2.45, 2.75) is 44.9 Å². The number of hydrogen-bond acceptors (Lipinski definition) is 5. The number of carbonyl (C=O) groups excluding carboxylic acids is 3. The lowest BCUT2D eigenvalue weighted by molar-refractivity contribution is -0.274. The van der Waals surface area contributed by atoms with Crippen LogP contribution in [-0.4, -0.2) is 31.0 Å². The molecular formula is C29H27F3O5. The van der Waals surface area contributed by atoms with Crippen LogP contribution in [0.4, 0.5) is 13.2 Å². The molecule has 0 aliphatic carbocycles. The third kappa shape index (κ3) is 7.29. The van der Waals surface area contributed by atoms with Crippen molar-refractivity contribution in [2.75, 3.05) is 7.11 Å². The van der Waals surface area contributed by atoms with Gasteiger partial charge in [-0.15, -0.1) is 13.2 Å². The predicted octanol–water partition coefficient (Wildman–Crippen LogP) is 6.91. The van der Waals surface area contributed by atoms with E-state index < -0.39 is 29.8 Å². The Morgan fingerprint density at radius 3 is 1.76 bits per heavy atom. The van der Waals surface area contributed by atoms with Crippen LogP contribution in [0.2, 0.25) is 0 Å². The van der Waals surface area contributed by atoms with Gasteiger partial charge in [0.25, 0.3) is 0 Å². The van der Waals surface area contributed by atoms with Gasteiger partial charge in [-0.1, -0.05) is 69.3 Å². The number of carbonyl (C=O) groups is 3. The van der Waals surface area contributed by atoms with Crippen molar-refractivity contribution in [1.29, 1.82) is 0 Å². The number of ketones is 2. The molecule has 0 amide bonds. The summed E-state index contributed by atoms with van der Waals surface area (Å²) in [6.07, 6.45) is -5.06. The summed E-state index contributed by atoms with van der Waals surface area (Å²) in [6, 6.07) is 17.8. The average molecular weight is 513 g/mol. The number of halogens is 3. The quantitative estimate of drug-likeness (QED) is 0.242. The number of ether oxygens (including phenoxy) is 2. The van der Waals surface area contributed by atoms with Gasteiger partial charge >= 0.3 is 12.3 Å². The van der Waals surface area contributed by atoms with E-state index in [0.717, 1.165) is 17.7 Å². The Bertz CT molecular complexity index is 1250. The van der Waals surface area contributed by atoms with Crippen LogP contribution in [-0.2, 0) is 10.2 Å². The van der Waals surface area contributed by atoms with E-state index in [1.807, 2.05) is 12.1 Å². The normalized spacial score (nSPS) is 12.5. The summed E-state index contributed by atoms with van der Waals surface area (Å²) in [7, 11) is 1.24. The molecule has 0 saturated carbocycles. The highest BCUT2D eigenvalue weighted by Gasteiger charge is 2.31. The zero-order valence-corrected chi connectivity index (χ0v) is 20.9. The summed E-state index contributed by atoms with van der Waals surface area (Å²) >= 11 is 0. The van der Waals surface area contributed by atoms with Crippen molar-refractivity contribution >= 4 is 17.5 Å². The molecule has 194 valence electrons. The molecule has 1 atom stereocenters. The first-order valence-corrected chi connectivity index (χ1v) is 11.5. The Hall–Kier alpha value is -3.94. The van der Waals surface area contributed by atoms with Gasteiger partial charge in [0, 0.05) is 17.5 Å². The van der Waals surface area contributed by atoms with Crippen LogP contribution in [0.15, 0.2) is 72.8 Å². The van der Waals surface area contributed by atoms with Crippen molar-refractivity contribution in [3.63, 3.8) is 0 Å². The number of alkyl halides is 3. The number of rotatable bonds is 8. The third-order valence-corrected chi connectivity index (χ3v) is 5.89. The van der Waals surface area contributed by atoms with E-state index >= 15 is 0 Å². The molecule has 0 fully saturated rings. The van der Waals surface area contributed by atoms with Crippen LogP contribution in [0.1, 0.15) is 75.3 Å². The second kappa shape index (κ2) is 11.0. The molecule has 0 N–H and O–H groups in total. The van der Waals surface area contributed by atoms with Gasteiger partial charge < -0.3 is 9.47 Å². The molecule has 0 spiro atoms. The van der Waals surface area contributed by atoms with Gasteiger partial charge in [0.15, 0.2) is 11.6 Å². The Balaban J connectivity index is 1.92. The van der Waals surface area contributed by atoms with Crippen LogP contribution in [0.25, 0.3) is 0 Å². The fraction of sp³-hybridized carbons (Fsp3) is 0.276. The average Bonchev–Trinajstić information content (AvgIpc) is 2.85. The molecule has 0 aromatic heterocycles. The van der Waals surface area contributed by atoms with Gasteiger partial charge in [-0.25, -0.2) is 4.79 Å². The standard InChI is InChI=1S/C29H27F3O5/c1-28(2,3)22-13-9-19(10-14-22)25(33)17-24(18-11-15-23(16-12-18)37-29(30,31)32)26(34)20-5-7-21(8-6-20)27(35)36-4/h5-16,24H,17H2,1-4H3. The van der Waals surface area contributed by atoms with Gasteiger partial charge in [0.1, 0.15) is 5.75 Å². The van der Waals surface area contributed by atoms with Gasteiger partial charge in [0.05, 0.1) is 18.6 Å². The number of Topliss-reactive ketones (excluding diaryl/α,β-unsaturated/α-hetero) is 2. The van der Waals surface area contributed by atoms with E-state index in [1.165, 1.54) is 43.5 Å². The molecule has 0 saturated heterocycles. The first kappa shape index (κ1) is 27.6. The molecule has 3 rings (SSSR count). The fourth-order valence-electron chi connectivity index (χ4n) is 3.81. The smallest absolute Gasteiger partial charge is 0.465 e. The number of methoxy groups -OCH3 is 1. The van der Waals surface area contributed by atoms with E-state index in [9.17, 15) is 27.6 Å². The summed E-state index contributed by atoms with van der Waals surface area (Å²) in [5.74, 6) is -2.68. The molecule has 3 aromatic rings. The SMILES string of the molecule is COC(=O)c1ccc(C(=O)C(CC(=O)c2ccc(C(C)(C)C)cc2)c2ccc(OC(F)(F)F)cc2)cc1. The lowest BCUT2D eigenvalue weighted by Crippen LogP contribution is -2.19. The van der Waals surface area contributed by atoms with Gasteiger partial charge in [-0.2, -0.15) is 0 Å². The molecular weight excluding hydrogens is 485 g/mol. The maximum Gasteiger partial charge on any atom is 0.573 e. The highest BCUT2D eigenvalue weighted by atomic mass is 19.4. The summed E-state index contributed by atoms with van der Waals surface area (Å²) < 4.78 is 46.3. The fourth-order valence-corrected chi connectivity index (χ4v) is 3.81. The molecule has 0 aliphatic rings.